The van der Waals surface area contributed by atoms with Crippen molar-refractivity contribution in [3.05, 3.63) is 146 Å². The first kappa shape index (κ1) is 27.5. The van der Waals surface area contributed by atoms with Gasteiger partial charge in [-0.05, 0) is 94.3 Å². The van der Waals surface area contributed by atoms with Crippen LogP contribution >= 0.6 is 0 Å². The van der Waals surface area contributed by atoms with Gasteiger partial charge in [-0.25, -0.2) is 15.0 Å². The maximum Gasteiger partial charge on any atom is 0.194 e. The van der Waals surface area contributed by atoms with Crippen molar-refractivity contribution >= 4 is 23.9 Å². The Morgan fingerprint density at radius 1 is 0.478 bits per heavy atom. The van der Waals surface area contributed by atoms with Gasteiger partial charge < -0.3 is 9.47 Å². The van der Waals surface area contributed by atoms with Crippen LogP contribution in [0.4, 0.5) is 0 Å². The molecule has 0 N–H and O–H groups in total. The van der Waals surface area contributed by atoms with Crippen LogP contribution in [-0.4, -0.2) is 33.0 Å². The zero-order valence-corrected chi connectivity index (χ0v) is 25.9. The molecule has 0 bridgehead atoms. The minimum atomic E-state index is -2.67. The summed E-state index contributed by atoms with van der Waals surface area (Å²) in [5.74, 6) is 2.98. The van der Waals surface area contributed by atoms with E-state index in [2.05, 4.69) is 45.8 Å². The molecular weight excluding hydrogens is 587 g/mol. The van der Waals surface area contributed by atoms with Gasteiger partial charge in [0.15, 0.2) is 8.07 Å². The summed E-state index contributed by atoms with van der Waals surface area (Å²) in [6.45, 7) is 2.28. The molecule has 0 unspecified atom stereocenters. The lowest BCUT2D eigenvalue weighted by Crippen LogP contribution is -2.64. The first-order valence-electron chi connectivity index (χ1n) is 15.0. The third-order valence-electron chi connectivity index (χ3n) is 8.35. The smallest absolute Gasteiger partial charge is 0.194 e. The maximum atomic E-state index is 6.46. The van der Waals surface area contributed by atoms with E-state index in [0.717, 1.165) is 62.1 Å². The van der Waals surface area contributed by atoms with E-state index in [9.17, 15) is 0 Å². The second-order valence-corrected chi connectivity index (χ2v) is 15.0. The van der Waals surface area contributed by atoms with E-state index in [1.807, 2.05) is 97.1 Å². The molecule has 8 rings (SSSR count). The van der Waals surface area contributed by atoms with Gasteiger partial charge in [0, 0.05) is 23.5 Å². The molecule has 46 heavy (non-hydrogen) atoms. The number of benzene rings is 4. The first-order valence-corrected chi connectivity index (χ1v) is 17.5. The lowest BCUT2D eigenvalue weighted by molar-refractivity contribution is 0.483. The number of fused-ring (bicyclic) bond motifs is 3. The topological polar surface area (TPSA) is 82.9 Å². The third kappa shape index (κ3) is 5.00. The summed E-state index contributed by atoms with van der Waals surface area (Å²) in [6.07, 6.45) is 6.74. The van der Waals surface area contributed by atoms with Crippen LogP contribution in [0.5, 0.6) is 23.0 Å². The molecular formula is C38H27N5O2Si. The number of nitrogens with zero attached hydrogens (tertiary/aromatic N) is 5. The molecule has 3 aromatic heterocycles. The van der Waals surface area contributed by atoms with Crippen molar-refractivity contribution in [2.75, 3.05) is 0 Å². The molecule has 1 aliphatic heterocycles. The zero-order valence-electron chi connectivity index (χ0n) is 24.9. The fourth-order valence-corrected chi connectivity index (χ4v) is 9.91. The second-order valence-electron chi connectivity index (χ2n) is 11.2. The molecule has 220 valence electrons. The summed E-state index contributed by atoms with van der Waals surface area (Å²) in [5.41, 5.74) is 6.88. The van der Waals surface area contributed by atoms with Crippen LogP contribution in [0.25, 0.3) is 33.6 Å². The van der Waals surface area contributed by atoms with Gasteiger partial charge in [0.2, 0.25) is 0 Å². The van der Waals surface area contributed by atoms with Crippen molar-refractivity contribution in [3.8, 4) is 56.6 Å². The zero-order chi connectivity index (χ0) is 30.9. The Hall–Kier alpha value is -5.99. The second kappa shape index (κ2) is 11.5. The number of hydrogen-bond donors (Lipinski definition) is 0. The Labute approximate surface area is 267 Å². The van der Waals surface area contributed by atoms with Gasteiger partial charge in [0.1, 0.15) is 41.1 Å². The van der Waals surface area contributed by atoms with Crippen LogP contribution in [0.1, 0.15) is 0 Å². The lowest BCUT2D eigenvalue weighted by Gasteiger charge is -2.23. The molecule has 0 amide bonds. The molecule has 0 saturated heterocycles. The molecule has 0 atom stereocenters. The third-order valence-corrected chi connectivity index (χ3v) is 12.5. The monoisotopic (exact) mass is 613 g/mol. The number of aromatic nitrogens is 5. The van der Waals surface area contributed by atoms with E-state index in [0.29, 0.717) is 0 Å². The molecule has 0 fully saturated rings. The molecule has 8 heteroatoms. The predicted octanol–water partition coefficient (Wildman–Crippen LogP) is 6.66. The summed E-state index contributed by atoms with van der Waals surface area (Å²) in [4.78, 5) is 22.5. The lowest BCUT2D eigenvalue weighted by atomic mass is 10.1. The van der Waals surface area contributed by atoms with Crippen LogP contribution < -0.4 is 25.3 Å². The number of pyridine rings is 2. The molecule has 4 heterocycles. The van der Waals surface area contributed by atoms with Crippen molar-refractivity contribution in [2.45, 2.75) is 6.55 Å². The molecule has 0 radical (unpaired) electrons. The van der Waals surface area contributed by atoms with E-state index in [4.69, 9.17) is 19.4 Å². The fourth-order valence-electron chi connectivity index (χ4n) is 6.13. The molecule has 7 nitrogen and oxygen atoms in total. The van der Waals surface area contributed by atoms with E-state index < -0.39 is 8.07 Å². The van der Waals surface area contributed by atoms with Crippen LogP contribution in [-0.2, 0) is 0 Å². The van der Waals surface area contributed by atoms with Gasteiger partial charge in [-0.2, -0.15) is 0 Å². The largest absolute Gasteiger partial charge is 0.457 e. The fraction of sp³-hybridized carbons (Fsp3) is 0.0263. The van der Waals surface area contributed by atoms with Gasteiger partial charge >= 0.3 is 0 Å². The van der Waals surface area contributed by atoms with Crippen LogP contribution in [0.3, 0.4) is 0 Å². The van der Waals surface area contributed by atoms with Crippen molar-refractivity contribution in [1.82, 2.24) is 24.9 Å². The SMILES string of the molecule is C[Si]1(c2ncncn2)c2cc(Oc3cccc(-c4ccccn4)c3)ccc2-c2ccc(Oc3cccc(-c4ccccn4)c3)cc21. The Morgan fingerprint density at radius 3 is 1.46 bits per heavy atom. The summed E-state index contributed by atoms with van der Waals surface area (Å²) in [7, 11) is -2.67. The van der Waals surface area contributed by atoms with Gasteiger partial charge in [0.05, 0.1) is 11.4 Å². The van der Waals surface area contributed by atoms with E-state index in [1.165, 1.54) is 10.4 Å². The molecule has 0 aliphatic carbocycles. The summed E-state index contributed by atoms with van der Waals surface area (Å²) < 4.78 is 12.9. The summed E-state index contributed by atoms with van der Waals surface area (Å²) in [6, 6.07) is 40.4. The van der Waals surface area contributed by atoms with Crippen LogP contribution in [0.15, 0.2) is 146 Å². The maximum absolute atomic E-state index is 6.46. The van der Waals surface area contributed by atoms with E-state index >= 15 is 0 Å². The predicted molar refractivity (Wildman–Crippen MR) is 182 cm³/mol. The highest BCUT2D eigenvalue weighted by molar-refractivity contribution is 7.12. The highest BCUT2D eigenvalue weighted by Crippen LogP contribution is 2.35. The highest BCUT2D eigenvalue weighted by atomic mass is 28.3. The highest BCUT2D eigenvalue weighted by Gasteiger charge is 2.46. The molecule has 0 spiro atoms. The van der Waals surface area contributed by atoms with Gasteiger partial charge in [-0.15, -0.1) is 0 Å². The van der Waals surface area contributed by atoms with E-state index in [-0.39, 0.29) is 0 Å². The minimum Gasteiger partial charge on any atom is -0.457 e. The minimum absolute atomic E-state index is 0.741. The Morgan fingerprint density at radius 2 is 0.978 bits per heavy atom. The summed E-state index contributed by atoms with van der Waals surface area (Å²) in [5, 5.41) is 2.36. The molecule has 0 saturated carbocycles. The van der Waals surface area contributed by atoms with Crippen LogP contribution in [0, 0.1) is 0 Å². The summed E-state index contributed by atoms with van der Waals surface area (Å²) >= 11 is 0. The first-order chi connectivity index (χ1) is 22.6. The van der Waals surface area contributed by atoms with Gasteiger partial charge in [-0.1, -0.05) is 55.1 Å². The Kier molecular flexibility index (Phi) is 6.89. The van der Waals surface area contributed by atoms with Crippen molar-refractivity contribution in [1.29, 1.82) is 0 Å². The normalized spacial score (nSPS) is 12.6. The molecule has 1 aliphatic rings. The Bertz CT molecular complexity index is 2050. The van der Waals surface area contributed by atoms with Gasteiger partial charge in [-0.3, -0.25) is 9.97 Å². The number of rotatable bonds is 7. The Balaban J connectivity index is 1.16. The van der Waals surface area contributed by atoms with Gasteiger partial charge in [0.25, 0.3) is 0 Å². The quantitative estimate of drug-likeness (QED) is 0.186. The molecule has 4 aromatic carbocycles. The van der Waals surface area contributed by atoms with Crippen LogP contribution in [0.2, 0.25) is 6.55 Å². The average Bonchev–Trinajstić information content (AvgIpc) is 3.37. The van der Waals surface area contributed by atoms with Crippen molar-refractivity contribution in [3.63, 3.8) is 0 Å². The van der Waals surface area contributed by atoms with Crippen molar-refractivity contribution < 1.29 is 9.47 Å². The standard InChI is InChI=1S/C38H27N5O2Si/c1-46(38-42-24-39-25-43-38)36-22-30(44-28-10-6-8-26(20-28)34-12-2-4-18-40-34)14-16-32(36)33-17-15-31(23-37(33)46)45-29-11-7-9-27(21-29)35-13-3-5-19-41-35/h2-25H,1H3. The number of hydrogen-bond acceptors (Lipinski definition) is 7. The van der Waals surface area contributed by atoms with Crippen molar-refractivity contribution in [2.24, 2.45) is 0 Å². The number of ether oxygens (including phenoxy) is 2. The molecule has 7 aromatic rings. The average molecular weight is 614 g/mol. The van der Waals surface area contributed by atoms with E-state index in [1.54, 1.807) is 25.0 Å².